The van der Waals surface area contributed by atoms with Crippen molar-refractivity contribution < 1.29 is 0 Å². The van der Waals surface area contributed by atoms with Crippen molar-refractivity contribution >= 4 is 33.3 Å². The van der Waals surface area contributed by atoms with Crippen LogP contribution < -0.4 is 5.32 Å². The molecule has 4 heteroatoms. The number of nitrogens with zero attached hydrogens (tertiary/aromatic N) is 3. The van der Waals surface area contributed by atoms with E-state index in [1.165, 1.54) is 55.5 Å². The summed E-state index contributed by atoms with van der Waals surface area (Å²) in [6.45, 7) is 0. The summed E-state index contributed by atoms with van der Waals surface area (Å²) >= 11 is 0. The molecule has 2 heterocycles. The lowest BCUT2D eigenvalue weighted by Gasteiger charge is -2.30. The van der Waals surface area contributed by atoms with Gasteiger partial charge in [0.05, 0.1) is 16.6 Å². The zero-order valence-corrected chi connectivity index (χ0v) is 34.2. The summed E-state index contributed by atoms with van der Waals surface area (Å²) in [5.74, 6) is 1.49. The van der Waals surface area contributed by atoms with Crippen LogP contribution in [0.2, 0.25) is 0 Å². The van der Waals surface area contributed by atoms with Gasteiger partial charge in [-0.25, -0.2) is 15.0 Å². The smallest absolute Gasteiger partial charge is 0.159 e. The zero-order valence-electron chi connectivity index (χ0n) is 34.2. The third-order valence-corrected chi connectivity index (χ3v) is 13.4. The van der Waals surface area contributed by atoms with Gasteiger partial charge in [0.2, 0.25) is 0 Å². The predicted octanol–water partition coefficient (Wildman–Crippen LogP) is 13.6. The van der Waals surface area contributed by atoms with Crippen LogP contribution in [0.15, 0.2) is 228 Å². The van der Waals surface area contributed by atoms with Crippen LogP contribution in [0.5, 0.6) is 0 Å². The number of amidine groups is 2. The van der Waals surface area contributed by atoms with E-state index in [1.54, 1.807) is 0 Å². The molecule has 294 valence electrons. The van der Waals surface area contributed by atoms with Crippen molar-refractivity contribution in [1.82, 2.24) is 10.3 Å². The van der Waals surface area contributed by atoms with E-state index in [4.69, 9.17) is 15.0 Å². The second kappa shape index (κ2) is 13.9. The van der Waals surface area contributed by atoms with E-state index >= 15 is 0 Å². The predicted molar refractivity (Wildman–Crippen MR) is 258 cm³/mol. The monoisotopic (exact) mass is 802 g/mol. The van der Waals surface area contributed by atoms with Crippen LogP contribution in [-0.2, 0) is 5.41 Å². The fourth-order valence-electron chi connectivity index (χ4n) is 10.6. The van der Waals surface area contributed by atoms with Crippen LogP contribution >= 0.6 is 0 Å². The molecule has 1 aliphatic heterocycles. The van der Waals surface area contributed by atoms with E-state index in [2.05, 4.69) is 199 Å². The van der Waals surface area contributed by atoms with Crippen molar-refractivity contribution in [3.63, 3.8) is 0 Å². The lowest BCUT2D eigenvalue weighted by Crippen LogP contribution is -2.33. The third kappa shape index (κ3) is 5.31. The van der Waals surface area contributed by atoms with Gasteiger partial charge in [-0.2, -0.15) is 0 Å². The van der Waals surface area contributed by atoms with E-state index in [1.807, 2.05) is 24.3 Å². The molecule has 3 aliphatic rings. The maximum atomic E-state index is 5.43. The Morgan fingerprint density at radius 1 is 0.397 bits per heavy atom. The second-order valence-corrected chi connectivity index (χ2v) is 16.7. The first-order valence-electron chi connectivity index (χ1n) is 21.6. The summed E-state index contributed by atoms with van der Waals surface area (Å²) in [5.41, 5.74) is 18.5. The van der Waals surface area contributed by atoms with Crippen LogP contribution in [0.25, 0.3) is 66.3 Å². The number of nitrogens with one attached hydrogen (secondary N) is 1. The van der Waals surface area contributed by atoms with Crippen LogP contribution in [-0.4, -0.2) is 16.7 Å². The number of aromatic nitrogens is 1. The van der Waals surface area contributed by atoms with E-state index in [0.29, 0.717) is 5.84 Å². The Kier molecular flexibility index (Phi) is 7.85. The largest absolute Gasteiger partial charge is 0.344 e. The Balaban J connectivity index is 0.942. The Bertz CT molecular complexity index is 3470. The number of fused-ring (bicyclic) bond motifs is 14. The van der Waals surface area contributed by atoms with Gasteiger partial charge < -0.3 is 5.32 Å². The number of hydrogen-bond donors (Lipinski definition) is 1. The number of para-hydroxylation sites is 1. The molecule has 1 atom stereocenters. The summed E-state index contributed by atoms with van der Waals surface area (Å²) in [7, 11) is 0. The van der Waals surface area contributed by atoms with Crippen molar-refractivity contribution in [3.8, 4) is 44.6 Å². The quantitative estimate of drug-likeness (QED) is 0.176. The number of hydrogen-bond acceptors (Lipinski definition) is 4. The molecule has 13 rings (SSSR count). The average Bonchev–Trinajstić information content (AvgIpc) is 3.84. The molecule has 10 aromatic rings. The lowest BCUT2D eigenvalue weighted by atomic mass is 9.70. The molecule has 0 radical (unpaired) electrons. The van der Waals surface area contributed by atoms with Gasteiger partial charge in [0.15, 0.2) is 5.84 Å². The maximum absolute atomic E-state index is 5.43. The van der Waals surface area contributed by atoms with E-state index in [9.17, 15) is 0 Å². The fourth-order valence-corrected chi connectivity index (χ4v) is 10.6. The highest BCUT2D eigenvalue weighted by atomic mass is 15.2. The summed E-state index contributed by atoms with van der Waals surface area (Å²) in [5, 5.41) is 7.22. The first-order chi connectivity index (χ1) is 31.2. The standard InChI is InChI=1S/C59H38N4/c1-3-15-37(16-4-1)38-27-31-41(32-28-38)57-61-56(40-17-5-2-6-18-40)62-58(63-57)42-33-29-39(30-34-42)55-47-35-36-51-54(53(47)46-22-10-14-26-52(46)60-55)45-21-9-13-25-50(45)59(51)48-23-11-7-19-43(48)44-20-8-12-24-49(44)59/h1-36,58H,(H,61,62,63). The van der Waals surface area contributed by atoms with Gasteiger partial charge in [-0.1, -0.05) is 212 Å². The van der Waals surface area contributed by atoms with Crippen molar-refractivity contribution in [3.05, 3.63) is 257 Å². The highest BCUT2D eigenvalue weighted by Crippen LogP contribution is 2.64. The summed E-state index contributed by atoms with van der Waals surface area (Å²) < 4.78 is 0. The molecule has 1 unspecified atom stereocenters. The molecular formula is C59H38N4. The molecule has 0 amide bonds. The molecule has 0 saturated carbocycles. The maximum Gasteiger partial charge on any atom is 0.159 e. The Labute approximate surface area is 365 Å². The molecular weight excluding hydrogens is 765 g/mol. The lowest BCUT2D eigenvalue weighted by molar-refractivity contribution is 0.674. The molecule has 1 spiro atoms. The molecule has 9 aromatic carbocycles. The van der Waals surface area contributed by atoms with E-state index in [-0.39, 0.29) is 6.17 Å². The third-order valence-electron chi connectivity index (χ3n) is 13.4. The molecule has 4 nitrogen and oxygen atoms in total. The van der Waals surface area contributed by atoms with E-state index in [0.717, 1.165) is 55.6 Å². The minimum Gasteiger partial charge on any atom is -0.344 e. The van der Waals surface area contributed by atoms with Crippen molar-refractivity contribution in [2.45, 2.75) is 11.6 Å². The minimum atomic E-state index is -0.419. The van der Waals surface area contributed by atoms with Gasteiger partial charge >= 0.3 is 0 Å². The minimum absolute atomic E-state index is 0.343. The van der Waals surface area contributed by atoms with Gasteiger partial charge in [-0.15, -0.1) is 0 Å². The summed E-state index contributed by atoms with van der Waals surface area (Å²) in [6, 6.07) is 78.5. The molecule has 63 heavy (non-hydrogen) atoms. The molecule has 0 fully saturated rings. The number of pyridine rings is 1. The molecule has 0 saturated heterocycles. The molecule has 2 aliphatic carbocycles. The number of aliphatic imine (C=N–C) groups is 2. The molecule has 1 N–H and O–H groups in total. The van der Waals surface area contributed by atoms with E-state index < -0.39 is 5.41 Å². The highest BCUT2D eigenvalue weighted by Gasteiger charge is 2.52. The van der Waals surface area contributed by atoms with Crippen molar-refractivity contribution in [2.75, 3.05) is 0 Å². The second-order valence-electron chi connectivity index (χ2n) is 16.7. The highest BCUT2D eigenvalue weighted by molar-refractivity contribution is 6.20. The molecule has 1 aromatic heterocycles. The fraction of sp³-hybridized carbons (Fsp3) is 0.0339. The average molecular weight is 803 g/mol. The first-order valence-corrected chi connectivity index (χ1v) is 21.6. The van der Waals surface area contributed by atoms with Crippen LogP contribution in [0.1, 0.15) is 45.1 Å². The van der Waals surface area contributed by atoms with Crippen LogP contribution in [0.3, 0.4) is 0 Å². The van der Waals surface area contributed by atoms with Crippen molar-refractivity contribution in [1.29, 1.82) is 0 Å². The van der Waals surface area contributed by atoms with Crippen molar-refractivity contribution in [2.24, 2.45) is 9.98 Å². The number of rotatable bonds is 5. The number of benzene rings is 9. The zero-order chi connectivity index (χ0) is 41.5. The first kappa shape index (κ1) is 35.5. The Hall–Kier alpha value is -8.21. The Morgan fingerprint density at radius 3 is 1.63 bits per heavy atom. The van der Waals surface area contributed by atoms with Crippen LogP contribution in [0.4, 0.5) is 0 Å². The van der Waals surface area contributed by atoms with Gasteiger partial charge in [0.1, 0.15) is 12.0 Å². The Morgan fingerprint density at radius 2 is 0.937 bits per heavy atom. The van der Waals surface area contributed by atoms with Gasteiger partial charge in [0, 0.05) is 32.8 Å². The summed E-state index contributed by atoms with van der Waals surface area (Å²) in [6.07, 6.45) is -0.343. The summed E-state index contributed by atoms with van der Waals surface area (Å²) in [4.78, 5) is 15.7. The van der Waals surface area contributed by atoms with Gasteiger partial charge in [-0.05, 0) is 67.3 Å². The normalized spacial score (nSPS) is 15.3. The molecule has 0 bridgehead atoms. The van der Waals surface area contributed by atoms with Gasteiger partial charge in [-0.3, -0.25) is 0 Å². The van der Waals surface area contributed by atoms with Crippen LogP contribution in [0, 0.1) is 0 Å². The topological polar surface area (TPSA) is 49.6 Å². The van der Waals surface area contributed by atoms with Gasteiger partial charge in [0.25, 0.3) is 0 Å². The SMILES string of the molecule is c1ccc(C2=NC(c3ccc(-c4nc5ccccc5c5c6c(ccc45)C4(c5ccccc5-c5ccccc54)c4ccccc4-6)cc3)NC(c3ccc(-c4ccccc4)cc3)=N2)cc1.